The molecule has 0 atom stereocenters. The number of benzene rings is 1. The summed E-state index contributed by atoms with van der Waals surface area (Å²) in [5, 5.41) is 5.33. The Labute approximate surface area is 245 Å². The van der Waals surface area contributed by atoms with Gasteiger partial charge < -0.3 is 15.1 Å². The smallest absolute Gasteiger partial charge is 0.231 e. The van der Waals surface area contributed by atoms with E-state index in [-0.39, 0.29) is 0 Å². The van der Waals surface area contributed by atoms with Crippen LogP contribution in [0, 0.1) is 0 Å². The maximum Gasteiger partial charge on any atom is 0.231 e. The van der Waals surface area contributed by atoms with Crippen LogP contribution >= 0.6 is 11.3 Å². The Morgan fingerprint density at radius 2 is 1.78 bits per heavy atom. The zero-order valence-corrected chi connectivity index (χ0v) is 25.3. The number of sulfonamides is 1. The van der Waals surface area contributed by atoms with E-state index < -0.39 is 10.0 Å². The molecule has 1 N–H and O–H groups in total. The Balaban J connectivity index is 1.13. The number of thiophene rings is 1. The van der Waals surface area contributed by atoms with Crippen molar-refractivity contribution in [3.63, 3.8) is 0 Å². The maximum absolute atomic E-state index is 12.0. The maximum atomic E-state index is 12.0. The molecule has 4 aromatic rings. The molecule has 0 saturated carbocycles. The number of fused-ring (bicyclic) bond motifs is 1. The van der Waals surface area contributed by atoms with Crippen molar-refractivity contribution < 1.29 is 8.42 Å². The summed E-state index contributed by atoms with van der Waals surface area (Å²) in [5.74, 6) is 1.48. The third-order valence-electron chi connectivity index (χ3n) is 8.18. The molecule has 0 radical (unpaired) electrons. The van der Waals surface area contributed by atoms with E-state index >= 15 is 0 Å². The van der Waals surface area contributed by atoms with Crippen LogP contribution in [0.25, 0.3) is 21.3 Å². The first kappa shape index (κ1) is 27.8. The van der Waals surface area contributed by atoms with Gasteiger partial charge in [0, 0.05) is 50.2 Å². The Morgan fingerprint density at radius 3 is 2.49 bits per heavy atom. The fraction of sp³-hybridized carbons (Fsp3) is 0.414. The first-order chi connectivity index (χ1) is 19.7. The van der Waals surface area contributed by atoms with Crippen molar-refractivity contribution in [3.05, 3.63) is 54.2 Å². The van der Waals surface area contributed by atoms with Gasteiger partial charge in [0.2, 0.25) is 16.0 Å². The standard InChI is InChI=1S/C29H36N8O2S2/c1-34-11-9-23(10-12-34)36-13-15-37(16-14-36)27-8-7-22(18-30-27)32-29-31-19-26-28(33-29)25(20-40-26)21-5-4-6-24(17-21)35(2)41(3,38)39/h4-8,17-20,23H,9-16H2,1-3H3,(H,31,32,33). The van der Waals surface area contributed by atoms with Gasteiger partial charge in [0.25, 0.3) is 0 Å². The van der Waals surface area contributed by atoms with Crippen LogP contribution in [0.5, 0.6) is 0 Å². The normalized spacial score (nSPS) is 17.7. The molecule has 0 unspecified atom stereocenters. The summed E-state index contributed by atoms with van der Waals surface area (Å²) in [5.41, 5.74) is 4.08. The average Bonchev–Trinajstić information content (AvgIpc) is 3.41. The van der Waals surface area contributed by atoms with E-state index in [4.69, 9.17) is 9.97 Å². The molecule has 2 aliphatic rings. The number of hydrogen-bond donors (Lipinski definition) is 1. The van der Waals surface area contributed by atoms with Gasteiger partial charge in [-0.05, 0) is 62.8 Å². The minimum Gasteiger partial charge on any atom is -0.354 e. The lowest BCUT2D eigenvalue weighted by Gasteiger charge is -2.42. The third-order valence-corrected chi connectivity index (χ3v) is 10.3. The van der Waals surface area contributed by atoms with Gasteiger partial charge in [0.15, 0.2) is 0 Å². The highest BCUT2D eigenvalue weighted by atomic mass is 32.2. The molecule has 12 heteroatoms. The molecule has 216 valence electrons. The third kappa shape index (κ3) is 6.15. The molecule has 5 heterocycles. The van der Waals surface area contributed by atoms with Crippen LogP contribution in [0.15, 0.2) is 54.2 Å². The lowest BCUT2D eigenvalue weighted by atomic mass is 10.0. The van der Waals surface area contributed by atoms with Gasteiger partial charge in [0.1, 0.15) is 5.82 Å². The van der Waals surface area contributed by atoms with Gasteiger partial charge in [-0.25, -0.2) is 23.4 Å². The Kier molecular flexibility index (Phi) is 7.82. The van der Waals surface area contributed by atoms with E-state index in [9.17, 15) is 8.42 Å². The second kappa shape index (κ2) is 11.5. The quantitative estimate of drug-likeness (QED) is 0.340. The van der Waals surface area contributed by atoms with Crippen molar-refractivity contribution in [1.82, 2.24) is 24.8 Å². The van der Waals surface area contributed by atoms with E-state index in [1.807, 2.05) is 42.0 Å². The van der Waals surface area contributed by atoms with Crippen LogP contribution in [0.1, 0.15) is 12.8 Å². The highest BCUT2D eigenvalue weighted by Crippen LogP contribution is 2.35. The molecule has 0 bridgehead atoms. The van der Waals surface area contributed by atoms with Crippen molar-refractivity contribution >= 4 is 54.7 Å². The number of aromatic nitrogens is 3. The zero-order chi connectivity index (χ0) is 28.6. The van der Waals surface area contributed by atoms with E-state index in [0.717, 1.165) is 59.0 Å². The van der Waals surface area contributed by atoms with Crippen LogP contribution in [-0.2, 0) is 10.0 Å². The molecular weight excluding hydrogens is 557 g/mol. The summed E-state index contributed by atoms with van der Waals surface area (Å²) >= 11 is 1.56. The fourth-order valence-corrected chi connectivity index (χ4v) is 6.98. The molecule has 1 aromatic carbocycles. The lowest BCUT2D eigenvalue weighted by molar-refractivity contribution is 0.115. The fourth-order valence-electron chi connectivity index (χ4n) is 5.61. The zero-order valence-electron chi connectivity index (χ0n) is 23.7. The molecular formula is C29H36N8O2S2. The number of piperidine rings is 1. The summed E-state index contributed by atoms with van der Waals surface area (Å²) in [6, 6.07) is 12.3. The summed E-state index contributed by atoms with van der Waals surface area (Å²) in [4.78, 5) is 21.5. The van der Waals surface area contributed by atoms with Crippen LogP contribution in [0.3, 0.4) is 0 Å². The SMILES string of the molecule is CN1CCC(N2CCN(c3ccc(Nc4ncc5scc(-c6cccc(N(C)S(C)(=O)=O)c6)c5n4)cn3)CC2)CC1. The summed E-state index contributed by atoms with van der Waals surface area (Å²) < 4.78 is 26.3. The lowest BCUT2D eigenvalue weighted by Crippen LogP contribution is -2.53. The van der Waals surface area contributed by atoms with Gasteiger partial charge in [-0.1, -0.05) is 12.1 Å². The largest absolute Gasteiger partial charge is 0.354 e. The molecule has 2 aliphatic heterocycles. The highest BCUT2D eigenvalue weighted by Gasteiger charge is 2.27. The van der Waals surface area contributed by atoms with E-state index in [1.54, 1.807) is 24.5 Å². The van der Waals surface area contributed by atoms with Crippen molar-refractivity contribution in [3.8, 4) is 11.1 Å². The predicted octanol–water partition coefficient (Wildman–Crippen LogP) is 4.11. The van der Waals surface area contributed by atoms with E-state index in [0.29, 0.717) is 17.7 Å². The number of likely N-dealkylation sites (tertiary alicyclic amines) is 1. The molecule has 10 nitrogen and oxygen atoms in total. The monoisotopic (exact) mass is 592 g/mol. The average molecular weight is 593 g/mol. The predicted molar refractivity (Wildman–Crippen MR) is 168 cm³/mol. The summed E-state index contributed by atoms with van der Waals surface area (Å²) in [6.07, 6.45) is 7.39. The molecule has 6 rings (SSSR count). The molecule has 2 fully saturated rings. The molecule has 0 amide bonds. The second-order valence-electron chi connectivity index (χ2n) is 10.9. The number of piperazine rings is 1. The van der Waals surface area contributed by atoms with Gasteiger partial charge in [-0.3, -0.25) is 9.21 Å². The molecule has 0 spiro atoms. The number of nitrogens with zero attached hydrogens (tertiary/aromatic N) is 7. The topological polar surface area (TPSA) is 97.8 Å². The van der Waals surface area contributed by atoms with Crippen LogP contribution in [0.2, 0.25) is 0 Å². The van der Waals surface area contributed by atoms with Crippen molar-refractivity contribution in [2.24, 2.45) is 0 Å². The van der Waals surface area contributed by atoms with Crippen LogP contribution in [0.4, 0.5) is 23.1 Å². The number of pyridine rings is 1. The van der Waals surface area contributed by atoms with Crippen LogP contribution in [-0.4, -0.2) is 98.8 Å². The van der Waals surface area contributed by atoms with Crippen molar-refractivity contribution in [2.45, 2.75) is 18.9 Å². The number of rotatable bonds is 7. The van der Waals surface area contributed by atoms with Crippen molar-refractivity contribution in [1.29, 1.82) is 0 Å². The minimum absolute atomic E-state index is 0.489. The molecule has 2 saturated heterocycles. The van der Waals surface area contributed by atoms with Gasteiger partial charge >= 0.3 is 0 Å². The number of hydrogen-bond acceptors (Lipinski definition) is 10. The Hall–Kier alpha value is -3.32. The van der Waals surface area contributed by atoms with Crippen LogP contribution < -0.4 is 14.5 Å². The first-order valence-corrected chi connectivity index (χ1v) is 16.7. The highest BCUT2D eigenvalue weighted by molar-refractivity contribution is 7.92. The van der Waals surface area contributed by atoms with Gasteiger partial charge in [-0.2, -0.15) is 0 Å². The Bertz CT molecular complexity index is 1610. The minimum atomic E-state index is -3.36. The van der Waals surface area contributed by atoms with Gasteiger partial charge in [0.05, 0.1) is 40.2 Å². The number of nitrogens with one attached hydrogen (secondary N) is 1. The molecule has 41 heavy (non-hydrogen) atoms. The van der Waals surface area contributed by atoms with Gasteiger partial charge in [-0.15, -0.1) is 11.3 Å². The summed E-state index contributed by atoms with van der Waals surface area (Å²) in [7, 11) is 0.413. The summed E-state index contributed by atoms with van der Waals surface area (Å²) in [6.45, 7) is 6.55. The van der Waals surface area contributed by atoms with E-state index in [2.05, 4.69) is 38.1 Å². The second-order valence-corrected chi connectivity index (χ2v) is 13.8. The molecule has 0 aliphatic carbocycles. The first-order valence-electron chi connectivity index (χ1n) is 13.9. The molecule has 3 aromatic heterocycles. The Morgan fingerprint density at radius 1 is 1.00 bits per heavy atom. The van der Waals surface area contributed by atoms with E-state index in [1.165, 1.54) is 36.5 Å². The van der Waals surface area contributed by atoms with Crippen molar-refractivity contribution in [2.75, 3.05) is 74.1 Å². The number of anilines is 4.